The zero-order valence-electron chi connectivity index (χ0n) is 10.8. The summed E-state index contributed by atoms with van der Waals surface area (Å²) in [6.45, 7) is 4.52. The lowest BCUT2D eigenvalue weighted by Gasteiger charge is -2.42. The van der Waals surface area contributed by atoms with Crippen molar-refractivity contribution in [3.63, 3.8) is 0 Å². The van der Waals surface area contributed by atoms with Gasteiger partial charge >= 0.3 is 5.97 Å². The number of carboxylic acid groups (broad SMARTS) is 1. The van der Waals surface area contributed by atoms with Crippen LogP contribution in [0.2, 0.25) is 0 Å². The third-order valence-corrected chi connectivity index (χ3v) is 4.13. The van der Waals surface area contributed by atoms with Crippen LogP contribution in [0, 0.1) is 5.92 Å². The van der Waals surface area contributed by atoms with Gasteiger partial charge in [-0.1, -0.05) is 0 Å². The van der Waals surface area contributed by atoms with Crippen LogP contribution >= 0.6 is 0 Å². The molecule has 2 saturated heterocycles. The molecule has 0 amide bonds. The van der Waals surface area contributed by atoms with Gasteiger partial charge < -0.3 is 10.0 Å². The van der Waals surface area contributed by atoms with Crippen LogP contribution in [-0.4, -0.2) is 60.1 Å². The molecule has 0 saturated carbocycles. The number of likely N-dealkylation sites (tertiary alicyclic amines) is 2. The van der Waals surface area contributed by atoms with Gasteiger partial charge in [0.15, 0.2) is 0 Å². The van der Waals surface area contributed by atoms with Gasteiger partial charge in [-0.25, -0.2) is 0 Å². The first kappa shape index (κ1) is 12.8. The lowest BCUT2D eigenvalue weighted by molar-refractivity contribution is -0.138. The molecule has 2 aliphatic heterocycles. The first-order valence-electron chi connectivity index (χ1n) is 6.79. The van der Waals surface area contributed by atoms with Crippen molar-refractivity contribution >= 4 is 5.97 Å². The number of hydrogen-bond donors (Lipinski definition) is 1. The second kappa shape index (κ2) is 5.83. The molecule has 0 aliphatic carbocycles. The van der Waals surface area contributed by atoms with Crippen LogP contribution in [0.3, 0.4) is 0 Å². The number of nitrogens with zero attached hydrogens (tertiary/aromatic N) is 2. The topological polar surface area (TPSA) is 43.8 Å². The van der Waals surface area contributed by atoms with E-state index in [1.165, 1.54) is 19.4 Å². The van der Waals surface area contributed by atoms with Crippen molar-refractivity contribution in [3.8, 4) is 0 Å². The van der Waals surface area contributed by atoms with Gasteiger partial charge in [-0.3, -0.25) is 9.69 Å². The van der Waals surface area contributed by atoms with Crippen LogP contribution in [0.25, 0.3) is 0 Å². The molecule has 2 fully saturated rings. The molecule has 0 spiro atoms. The van der Waals surface area contributed by atoms with Crippen LogP contribution in [0.15, 0.2) is 0 Å². The summed E-state index contributed by atoms with van der Waals surface area (Å²) in [6, 6.07) is 0.658. The van der Waals surface area contributed by atoms with E-state index in [1.54, 1.807) is 0 Å². The summed E-state index contributed by atoms with van der Waals surface area (Å²) in [5, 5.41) is 8.88. The van der Waals surface area contributed by atoms with Crippen LogP contribution in [-0.2, 0) is 4.79 Å². The predicted molar refractivity (Wildman–Crippen MR) is 67.1 cm³/mol. The summed E-state index contributed by atoms with van der Waals surface area (Å²) in [5.74, 6) is -0.272. The number of carboxylic acids is 1. The molecule has 0 aromatic rings. The molecule has 2 heterocycles. The lowest BCUT2D eigenvalue weighted by Crippen LogP contribution is -2.50. The molecule has 4 heteroatoms. The fourth-order valence-electron chi connectivity index (χ4n) is 3.28. The maximum Gasteiger partial charge on any atom is 0.303 e. The van der Waals surface area contributed by atoms with Crippen molar-refractivity contribution in [3.05, 3.63) is 0 Å². The van der Waals surface area contributed by atoms with Gasteiger partial charge in [0, 0.05) is 25.6 Å². The third kappa shape index (κ3) is 3.68. The Bertz CT molecular complexity index is 270. The van der Waals surface area contributed by atoms with E-state index >= 15 is 0 Å². The van der Waals surface area contributed by atoms with Crippen molar-refractivity contribution in [2.45, 2.75) is 38.1 Å². The highest BCUT2D eigenvalue weighted by Gasteiger charge is 2.29. The number of piperidine rings is 2. The summed E-state index contributed by atoms with van der Waals surface area (Å²) in [4.78, 5) is 15.7. The minimum atomic E-state index is -0.641. The fourth-order valence-corrected chi connectivity index (χ4v) is 3.28. The molecule has 2 atom stereocenters. The summed E-state index contributed by atoms with van der Waals surface area (Å²) in [7, 11) is 2.19. The molecular weight excluding hydrogens is 216 g/mol. The summed E-state index contributed by atoms with van der Waals surface area (Å²) in [5.41, 5.74) is 0. The summed E-state index contributed by atoms with van der Waals surface area (Å²) in [6.07, 6.45) is 5.16. The van der Waals surface area contributed by atoms with Crippen molar-refractivity contribution in [1.29, 1.82) is 0 Å². The van der Waals surface area contributed by atoms with Gasteiger partial charge in [-0.15, -0.1) is 0 Å². The molecular formula is C13H24N2O2. The zero-order valence-corrected chi connectivity index (χ0v) is 10.8. The monoisotopic (exact) mass is 240 g/mol. The highest BCUT2D eigenvalue weighted by atomic mass is 16.4. The Balaban J connectivity index is 1.85. The van der Waals surface area contributed by atoms with Crippen molar-refractivity contribution in [1.82, 2.24) is 9.80 Å². The Labute approximate surface area is 104 Å². The molecule has 0 bridgehead atoms. The van der Waals surface area contributed by atoms with Gasteiger partial charge in [-0.2, -0.15) is 0 Å². The first-order chi connectivity index (χ1) is 8.15. The smallest absolute Gasteiger partial charge is 0.303 e. The molecule has 17 heavy (non-hydrogen) atoms. The van der Waals surface area contributed by atoms with Crippen molar-refractivity contribution in [2.75, 3.05) is 33.2 Å². The quantitative estimate of drug-likeness (QED) is 0.807. The standard InChI is InChI=1S/C13H24N2O2/c1-14-6-3-5-12(10-14)15-7-2-4-11(9-15)8-13(16)17/h11-12H,2-10H2,1H3,(H,16,17). The molecule has 1 N–H and O–H groups in total. The van der Waals surface area contributed by atoms with Crippen LogP contribution < -0.4 is 0 Å². The Morgan fingerprint density at radius 1 is 1.24 bits per heavy atom. The van der Waals surface area contributed by atoms with Gasteiger partial charge in [0.05, 0.1) is 0 Å². The number of hydrogen-bond acceptors (Lipinski definition) is 3. The number of rotatable bonds is 3. The average Bonchev–Trinajstić information content (AvgIpc) is 2.28. The normalized spacial score (nSPS) is 32.5. The van der Waals surface area contributed by atoms with E-state index in [-0.39, 0.29) is 0 Å². The maximum atomic E-state index is 10.8. The second-order valence-electron chi connectivity index (χ2n) is 5.66. The predicted octanol–water partition coefficient (Wildman–Crippen LogP) is 1.27. The summed E-state index contributed by atoms with van der Waals surface area (Å²) >= 11 is 0. The largest absolute Gasteiger partial charge is 0.481 e. The van der Waals surface area contributed by atoms with Gasteiger partial charge in [0.25, 0.3) is 0 Å². The zero-order chi connectivity index (χ0) is 12.3. The SMILES string of the molecule is CN1CCCC(N2CCCC(CC(=O)O)C2)C1. The molecule has 4 nitrogen and oxygen atoms in total. The average molecular weight is 240 g/mol. The van der Waals surface area contributed by atoms with Crippen LogP contribution in [0.1, 0.15) is 32.1 Å². The fraction of sp³-hybridized carbons (Fsp3) is 0.923. The highest BCUT2D eigenvalue weighted by molar-refractivity contribution is 5.67. The van der Waals surface area contributed by atoms with Crippen LogP contribution in [0.5, 0.6) is 0 Å². The van der Waals surface area contributed by atoms with Crippen molar-refractivity contribution < 1.29 is 9.90 Å². The molecule has 0 aromatic heterocycles. The number of aliphatic carboxylic acids is 1. The number of carbonyl (C=O) groups is 1. The maximum absolute atomic E-state index is 10.8. The van der Waals surface area contributed by atoms with Gasteiger partial charge in [0.1, 0.15) is 0 Å². The van der Waals surface area contributed by atoms with Crippen molar-refractivity contribution in [2.24, 2.45) is 5.92 Å². The molecule has 98 valence electrons. The Kier molecular flexibility index (Phi) is 4.40. The minimum absolute atomic E-state index is 0.346. The summed E-state index contributed by atoms with van der Waals surface area (Å²) < 4.78 is 0. The molecule has 2 rings (SSSR count). The Hall–Kier alpha value is -0.610. The van der Waals surface area contributed by atoms with E-state index in [0.717, 1.165) is 32.5 Å². The van der Waals surface area contributed by atoms with E-state index in [9.17, 15) is 4.79 Å². The van der Waals surface area contributed by atoms with E-state index < -0.39 is 5.97 Å². The molecule has 2 unspecified atom stereocenters. The van der Waals surface area contributed by atoms with Gasteiger partial charge in [-0.05, 0) is 51.7 Å². The first-order valence-corrected chi connectivity index (χ1v) is 6.79. The van der Waals surface area contributed by atoms with Gasteiger partial charge in [0.2, 0.25) is 0 Å². The Morgan fingerprint density at radius 2 is 2.00 bits per heavy atom. The van der Waals surface area contributed by atoms with E-state index in [2.05, 4.69) is 16.8 Å². The van der Waals surface area contributed by atoms with E-state index in [1.807, 2.05) is 0 Å². The molecule has 0 aromatic carbocycles. The lowest BCUT2D eigenvalue weighted by atomic mass is 9.92. The van der Waals surface area contributed by atoms with E-state index in [0.29, 0.717) is 18.4 Å². The second-order valence-corrected chi connectivity index (χ2v) is 5.66. The Morgan fingerprint density at radius 3 is 2.71 bits per heavy atom. The van der Waals surface area contributed by atoms with E-state index in [4.69, 9.17) is 5.11 Å². The van der Waals surface area contributed by atoms with Crippen LogP contribution in [0.4, 0.5) is 0 Å². The third-order valence-electron chi connectivity index (χ3n) is 4.13. The highest BCUT2D eigenvalue weighted by Crippen LogP contribution is 2.24. The minimum Gasteiger partial charge on any atom is -0.481 e. The number of likely N-dealkylation sites (N-methyl/N-ethyl adjacent to an activating group) is 1. The molecule has 2 aliphatic rings. The molecule has 0 radical (unpaired) electrons.